The monoisotopic (exact) mass is 364 g/mol. The maximum atomic E-state index is 11.7. The summed E-state index contributed by atoms with van der Waals surface area (Å²) in [4.78, 5) is 11.6. The number of methoxy groups -OCH3 is 3. The summed E-state index contributed by atoms with van der Waals surface area (Å²) in [5, 5.41) is 0. The number of ether oxygens (including phenoxy) is 5. The molecular formula is C14H21BrO6. The maximum absolute atomic E-state index is 11.7. The molecule has 0 aromatic rings. The van der Waals surface area contributed by atoms with Crippen LogP contribution < -0.4 is 0 Å². The van der Waals surface area contributed by atoms with Crippen molar-refractivity contribution in [3.8, 4) is 0 Å². The van der Waals surface area contributed by atoms with Crippen molar-refractivity contribution >= 4 is 21.9 Å². The van der Waals surface area contributed by atoms with Crippen molar-refractivity contribution in [3.63, 3.8) is 0 Å². The van der Waals surface area contributed by atoms with Crippen LogP contribution in [0.2, 0.25) is 0 Å². The minimum absolute atomic E-state index is 0.179. The van der Waals surface area contributed by atoms with Crippen molar-refractivity contribution < 1.29 is 28.5 Å². The van der Waals surface area contributed by atoms with Gasteiger partial charge in [-0.15, -0.1) is 0 Å². The van der Waals surface area contributed by atoms with E-state index in [0.29, 0.717) is 12.0 Å². The van der Waals surface area contributed by atoms with Crippen molar-refractivity contribution in [2.24, 2.45) is 0 Å². The van der Waals surface area contributed by atoms with Gasteiger partial charge in [-0.25, -0.2) is 4.79 Å². The van der Waals surface area contributed by atoms with Gasteiger partial charge in [0.05, 0.1) is 18.0 Å². The van der Waals surface area contributed by atoms with Crippen LogP contribution in [0.4, 0.5) is 0 Å². The van der Waals surface area contributed by atoms with Gasteiger partial charge in [0.2, 0.25) is 11.6 Å². The molecule has 2 rings (SSSR count). The predicted molar refractivity (Wildman–Crippen MR) is 78.0 cm³/mol. The van der Waals surface area contributed by atoms with Gasteiger partial charge in [0.25, 0.3) is 0 Å². The molecule has 1 saturated heterocycles. The van der Waals surface area contributed by atoms with Gasteiger partial charge in [-0.2, -0.15) is 0 Å². The van der Waals surface area contributed by atoms with E-state index in [1.807, 2.05) is 0 Å². The quantitative estimate of drug-likeness (QED) is 0.561. The highest BCUT2D eigenvalue weighted by Crippen LogP contribution is 2.44. The average molecular weight is 365 g/mol. The van der Waals surface area contributed by atoms with Crippen LogP contribution in [-0.2, 0) is 28.5 Å². The van der Waals surface area contributed by atoms with E-state index in [1.165, 1.54) is 14.2 Å². The largest absolute Gasteiger partial charge is 0.466 e. The zero-order valence-electron chi connectivity index (χ0n) is 12.8. The molecule has 7 heteroatoms. The van der Waals surface area contributed by atoms with E-state index < -0.39 is 11.6 Å². The number of rotatable bonds is 3. The SMILES string of the molecule is COC(=O)C1=C[C@@H](Br)[C@H]2O[C@](C)(OC)[C@@](C)(OC)O[C@@H]2C1. The standard InChI is InChI=1S/C14H21BrO6/c1-13(18-4)14(2,19-5)21-11-9(15)6-8(12(16)17-3)7-10(11)20-13/h6,9-11H,7H2,1-5H3/t9-,10-,11-,13+,14+/m1/s1. The highest BCUT2D eigenvalue weighted by Gasteiger charge is 2.58. The number of hydrogen-bond donors (Lipinski definition) is 0. The van der Waals surface area contributed by atoms with E-state index in [-0.39, 0.29) is 23.0 Å². The number of fused-ring (bicyclic) bond motifs is 1. The van der Waals surface area contributed by atoms with Gasteiger partial charge in [0.1, 0.15) is 6.10 Å². The molecule has 2 aliphatic rings. The zero-order valence-corrected chi connectivity index (χ0v) is 14.4. The Morgan fingerprint density at radius 3 is 2.33 bits per heavy atom. The summed E-state index contributed by atoms with van der Waals surface area (Å²) in [6.07, 6.45) is 1.58. The van der Waals surface area contributed by atoms with E-state index >= 15 is 0 Å². The molecule has 5 atom stereocenters. The Labute approximate surface area is 132 Å². The highest BCUT2D eigenvalue weighted by molar-refractivity contribution is 9.09. The van der Waals surface area contributed by atoms with Crippen molar-refractivity contribution in [3.05, 3.63) is 11.6 Å². The van der Waals surface area contributed by atoms with E-state index in [4.69, 9.17) is 23.7 Å². The highest BCUT2D eigenvalue weighted by atomic mass is 79.9. The Morgan fingerprint density at radius 1 is 1.24 bits per heavy atom. The normalized spacial score (nSPS) is 43.0. The minimum Gasteiger partial charge on any atom is -0.466 e. The molecule has 0 amide bonds. The molecule has 0 bridgehead atoms. The van der Waals surface area contributed by atoms with E-state index in [1.54, 1.807) is 27.0 Å². The van der Waals surface area contributed by atoms with Gasteiger partial charge in [-0.05, 0) is 13.8 Å². The smallest absolute Gasteiger partial charge is 0.333 e. The summed E-state index contributed by atoms with van der Waals surface area (Å²) >= 11 is 3.52. The van der Waals surface area contributed by atoms with Gasteiger partial charge >= 0.3 is 5.97 Å². The van der Waals surface area contributed by atoms with Gasteiger partial charge in [-0.3, -0.25) is 0 Å². The lowest BCUT2D eigenvalue weighted by Gasteiger charge is -2.53. The van der Waals surface area contributed by atoms with Crippen LogP contribution in [0, 0.1) is 0 Å². The third kappa shape index (κ3) is 2.77. The lowest BCUT2D eigenvalue weighted by molar-refractivity contribution is -0.447. The van der Waals surface area contributed by atoms with E-state index in [0.717, 1.165) is 0 Å². The second-order valence-corrected chi connectivity index (χ2v) is 6.43. The fourth-order valence-corrected chi connectivity index (χ4v) is 3.42. The number of hydrogen-bond acceptors (Lipinski definition) is 6. The summed E-state index contributed by atoms with van der Waals surface area (Å²) in [5.74, 6) is -2.49. The van der Waals surface area contributed by atoms with Crippen LogP contribution >= 0.6 is 15.9 Å². The minimum atomic E-state index is -1.08. The number of carbonyl (C=O) groups excluding carboxylic acids is 1. The van der Waals surface area contributed by atoms with Crippen LogP contribution in [0.5, 0.6) is 0 Å². The molecule has 0 aromatic carbocycles. The number of halogens is 1. The van der Waals surface area contributed by atoms with Crippen LogP contribution in [0.1, 0.15) is 20.3 Å². The first-order valence-corrected chi connectivity index (χ1v) is 7.61. The maximum Gasteiger partial charge on any atom is 0.333 e. The third-order valence-corrected chi connectivity index (χ3v) is 5.04. The molecule has 1 aliphatic heterocycles. The first kappa shape index (κ1) is 16.9. The first-order valence-electron chi connectivity index (χ1n) is 6.69. The fraction of sp³-hybridized carbons (Fsp3) is 0.786. The molecule has 21 heavy (non-hydrogen) atoms. The topological polar surface area (TPSA) is 63.2 Å². The Morgan fingerprint density at radius 2 is 1.81 bits per heavy atom. The Kier molecular flexibility index (Phi) is 4.80. The molecule has 0 spiro atoms. The molecule has 0 unspecified atom stereocenters. The van der Waals surface area contributed by atoms with Crippen molar-refractivity contribution in [2.75, 3.05) is 21.3 Å². The molecule has 0 N–H and O–H groups in total. The summed E-state index contributed by atoms with van der Waals surface area (Å²) in [6, 6.07) is 0. The number of carbonyl (C=O) groups is 1. The first-order chi connectivity index (χ1) is 9.80. The summed E-state index contributed by atoms with van der Waals surface area (Å²) in [5.41, 5.74) is 0.559. The zero-order chi connectivity index (χ0) is 15.8. The fourth-order valence-electron chi connectivity index (χ4n) is 2.65. The summed E-state index contributed by atoms with van der Waals surface area (Å²) in [7, 11) is 4.44. The molecule has 0 saturated carbocycles. The number of esters is 1. The van der Waals surface area contributed by atoms with Gasteiger partial charge in [-0.1, -0.05) is 22.0 Å². The van der Waals surface area contributed by atoms with Crippen LogP contribution in [0.3, 0.4) is 0 Å². The number of alkyl halides is 1. The molecule has 1 fully saturated rings. The van der Waals surface area contributed by atoms with E-state index in [2.05, 4.69) is 15.9 Å². The predicted octanol–water partition coefficient (Wildman–Crippen LogP) is 1.76. The molecule has 120 valence electrons. The van der Waals surface area contributed by atoms with Crippen molar-refractivity contribution in [1.29, 1.82) is 0 Å². The van der Waals surface area contributed by atoms with Crippen LogP contribution in [0.25, 0.3) is 0 Å². The van der Waals surface area contributed by atoms with Gasteiger partial charge in [0.15, 0.2) is 0 Å². The Bertz CT molecular complexity index is 453. The van der Waals surface area contributed by atoms with Crippen molar-refractivity contribution in [2.45, 2.75) is 48.9 Å². The molecule has 1 heterocycles. The van der Waals surface area contributed by atoms with Gasteiger partial charge < -0.3 is 23.7 Å². The summed E-state index contributed by atoms with van der Waals surface area (Å²) < 4.78 is 27.9. The Balaban J connectivity index is 2.30. The van der Waals surface area contributed by atoms with Gasteiger partial charge in [0, 0.05) is 26.2 Å². The molecule has 1 aliphatic carbocycles. The second kappa shape index (κ2) is 5.96. The molecule has 0 radical (unpaired) electrons. The lowest BCUT2D eigenvalue weighted by Crippen LogP contribution is -2.67. The summed E-state index contributed by atoms with van der Waals surface area (Å²) in [6.45, 7) is 3.53. The Hall–Kier alpha value is -0.470. The van der Waals surface area contributed by atoms with Crippen LogP contribution in [-0.4, -0.2) is 55.9 Å². The lowest BCUT2D eigenvalue weighted by atomic mass is 9.91. The molecular weight excluding hydrogens is 344 g/mol. The molecule has 0 aromatic heterocycles. The van der Waals surface area contributed by atoms with Crippen molar-refractivity contribution in [1.82, 2.24) is 0 Å². The average Bonchev–Trinajstić information content (AvgIpc) is 2.48. The molecule has 6 nitrogen and oxygen atoms in total. The van der Waals surface area contributed by atoms with E-state index in [9.17, 15) is 4.79 Å². The van der Waals surface area contributed by atoms with Crippen LogP contribution in [0.15, 0.2) is 11.6 Å². The third-order valence-electron chi connectivity index (χ3n) is 4.25. The second-order valence-electron chi connectivity index (χ2n) is 5.37.